The van der Waals surface area contributed by atoms with Crippen LogP contribution in [0.3, 0.4) is 0 Å². The molecule has 148 valence electrons. The number of allylic oxidation sites excluding steroid dienone is 3. The first-order chi connectivity index (χ1) is 12.5. The van der Waals surface area contributed by atoms with Crippen molar-refractivity contribution in [3.63, 3.8) is 0 Å². The van der Waals surface area contributed by atoms with Gasteiger partial charge in [-0.1, -0.05) is 50.5 Å². The van der Waals surface area contributed by atoms with Crippen LogP contribution in [0.4, 0.5) is 0 Å². The zero-order valence-electron chi connectivity index (χ0n) is 16.1. The second-order valence-electron chi connectivity index (χ2n) is 7.05. The van der Waals surface area contributed by atoms with Gasteiger partial charge in [-0.2, -0.15) is 0 Å². The predicted octanol–water partition coefficient (Wildman–Crippen LogP) is 3.34. The molecule has 0 spiro atoms. The van der Waals surface area contributed by atoms with Crippen LogP contribution < -0.4 is 0 Å². The minimum atomic E-state index is -0.630. The lowest BCUT2D eigenvalue weighted by Gasteiger charge is -2.17. The van der Waals surface area contributed by atoms with Crippen molar-refractivity contribution < 1.29 is 24.5 Å². The highest BCUT2D eigenvalue weighted by Gasteiger charge is 2.39. The zero-order valence-corrected chi connectivity index (χ0v) is 16.1. The van der Waals surface area contributed by atoms with E-state index >= 15 is 0 Å². The fourth-order valence-corrected chi connectivity index (χ4v) is 3.31. The summed E-state index contributed by atoms with van der Waals surface area (Å²) in [4.78, 5) is 23.2. The predicted molar refractivity (Wildman–Crippen MR) is 102 cm³/mol. The van der Waals surface area contributed by atoms with Crippen LogP contribution in [0.15, 0.2) is 24.3 Å². The number of carbonyl (C=O) groups is 2. The van der Waals surface area contributed by atoms with E-state index in [-0.39, 0.29) is 30.0 Å². The highest BCUT2D eigenvalue weighted by atomic mass is 16.5. The Bertz CT molecular complexity index is 483. The van der Waals surface area contributed by atoms with Crippen molar-refractivity contribution in [1.82, 2.24) is 0 Å². The molecule has 1 aliphatic carbocycles. The Balaban J connectivity index is 2.46. The lowest BCUT2D eigenvalue weighted by atomic mass is 9.90. The molecule has 0 amide bonds. The molecule has 0 heterocycles. The summed E-state index contributed by atoms with van der Waals surface area (Å²) in [5.74, 6) is -0.638. The van der Waals surface area contributed by atoms with E-state index in [2.05, 4.69) is 11.7 Å². The molecule has 0 saturated heterocycles. The molecule has 1 rings (SSSR count). The quantitative estimate of drug-likeness (QED) is 0.315. The topological polar surface area (TPSA) is 83.8 Å². The van der Waals surface area contributed by atoms with Gasteiger partial charge in [-0.3, -0.25) is 9.59 Å². The fraction of sp³-hybridized carbons (Fsp3) is 0.714. The molecule has 0 aromatic rings. The number of ether oxygens (including phenoxy) is 1. The van der Waals surface area contributed by atoms with Gasteiger partial charge in [0.25, 0.3) is 0 Å². The molecule has 0 bridgehead atoms. The minimum absolute atomic E-state index is 0.0404. The number of esters is 1. The van der Waals surface area contributed by atoms with Gasteiger partial charge in [-0.15, -0.1) is 0 Å². The Morgan fingerprint density at radius 3 is 2.77 bits per heavy atom. The number of hydrogen-bond donors (Lipinski definition) is 2. The van der Waals surface area contributed by atoms with E-state index in [1.807, 2.05) is 12.2 Å². The number of aliphatic hydroxyl groups excluding tert-OH is 2. The molecule has 2 unspecified atom stereocenters. The van der Waals surface area contributed by atoms with Crippen molar-refractivity contribution >= 4 is 11.8 Å². The molecule has 0 radical (unpaired) electrons. The van der Waals surface area contributed by atoms with Gasteiger partial charge in [0.2, 0.25) is 0 Å². The maximum absolute atomic E-state index is 12.1. The smallest absolute Gasteiger partial charge is 0.305 e. The number of unbranched alkanes of at least 4 members (excludes halogenated alkanes) is 3. The molecule has 1 fully saturated rings. The highest BCUT2D eigenvalue weighted by molar-refractivity contribution is 5.86. The molecular weight excluding hydrogens is 331 g/mol. The van der Waals surface area contributed by atoms with Gasteiger partial charge in [-0.05, 0) is 25.7 Å². The van der Waals surface area contributed by atoms with Crippen LogP contribution in [-0.4, -0.2) is 41.3 Å². The Morgan fingerprint density at radius 2 is 2.08 bits per heavy atom. The number of Topliss-reactive ketones (excluding diaryl/α,β-unsaturated/α-hetero) is 1. The summed E-state index contributed by atoms with van der Waals surface area (Å²) in [5, 5.41) is 20.2. The van der Waals surface area contributed by atoms with Crippen molar-refractivity contribution in [1.29, 1.82) is 0 Å². The molecular formula is C21H34O5. The Kier molecular flexibility index (Phi) is 11.1. The minimum Gasteiger partial charge on any atom is -0.469 e. The third kappa shape index (κ3) is 8.28. The normalized spacial score (nSPS) is 24.6. The SMILES string of the molecule is CCCCC[C@H](O)/C=C/C1C(=O)C[C@H](O)C1C/C=C\CCCC(=O)O[11CH3]. The largest absolute Gasteiger partial charge is 0.469 e. The van der Waals surface area contributed by atoms with Gasteiger partial charge < -0.3 is 14.9 Å². The van der Waals surface area contributed by atoms with Gasteiger partial charge in [-0.25, -0.2) is 0 Å². The molecule has 0 aromatic carbocycles. The standard InChI is InChI=1S/C21H34O5/c1-3-4-7-10-16(22)13-14-18-17(19(23)15-20(18)24)11-8-5-6-9-12-21(25)26-2/h5,8,13-14,16-19,22-23H,3-4,6-7,9-12,15H2,1-2H3/b8-5-,14-13+/t16-,17?,18?,19-/m0/s1/i2-1. The van der Waals surface area contributed by atoms with E-state index in [0.29, 0.717) is 19.3 Å². The summed E-state index contributed by atoms with van der Waals surface area (Å²) < 4.78 is 4.59. The van der Waals surface area contributed by atoms with Crippen molar-refractivity contribution in [2.75, 3.05) is 7.11 Å². The summed E-state index contributed by atoms with van der Waals surface area (Å²) in [7, 11) is 1.38. The van der Waals surface area contributed by atoms with E-state index in [1.165, 1.54) is 7.11 Å². The molecule has 1 aliphatic rings. The molecule has 2 N–H and O–H groups in total. The summed E-state index contributed by atoms with van der Waals surface area (Å²) in [6, 6.07) is 0. The van der Waals surface area contributed by atoms with Gasteiger partial charge in [0.15, 0.2) is 0 Å². The fourth-order valence-electron chi connectivity index (χ4n) is 3.31. The van der Waals surface area contributed by atoms with Crippen LogP contribution in [0.25, 0.3) is 0 Å². The lowest BCUT2D eigenvalue weighted by Crippen LogP contribution is -2.19. The first-order valence-corrected chi connectivity index (χ1v) is 9.78. The van der Waals surface area contributed by atoms with Crippen molar-refractivity contribution in [3.05, 3.63) is 24.3 Å². The Hall–Kier alpha value is -1.46. The van der Waals surface area contributed by atoms with Gasteiger partial charge in [0.1, 0.15) is 5.78 Å². The van der Waals surface area contributed by atoms with Gasteiger partial charge in [0.05, 0.1) is 19.3 Å². The van der Waals surface area contributed by atoms with Crippen LogP contribution in [0.5, 0.6) is 0 Å². The van der Waals surface area contributed by atoms with E-state index in [4.69, 9.17) is 0 Å². The first-order valence-electron chi connectivity index (χ1n) is 9.78. The van der Waals surface area contributed by atoms with Crippen molar-refractivity contribution in [3.8, 4) is 0 Å². The molecule has 0 aromatic heterocycles. The molecule has 0 aliphatic heterocycles. The van der Waals surface area contributed by atoms with E-state index in [0.717, 1.165) is 32.1 Å². The highest BCUT2D eigenvalue weighted by Crippen LogP contribution is 2.33. The molecule has 4 atom stereocenters. The summed E-state index contributed by atoms with van der Waals surface area (Å²) in [6.07, 6.45) is 12.9. The first kappa shape index (κ1) is 22.6. The number of aliphatic hydroxyl groups is 2. The molecule has 26 heavy (non-hydrogen) atoms. The second kappa shape index (κ2) is 12.8. The van der Waals surface area contributed by atoms with Crippen molar-refractivity contribution in [2.24, 2.45) is 11.8 Å². The summed E-state index contributed by atoms with van der Waals surface area (Å²) >= 11 is 0. The average Bonchev–Trinajstić information content (AvgIpc) is 2.89. The maximum atomic E-state index is 12.1. The molecule has 1 saturated carbocycles. The number of hydrogen-bond acceptors (Lipinski definition) is 5. The average molecular weight is 365 g/mol. The van der Waals surface area contributed by atoms with Crippen LogP contribution in [-0.2, 0) is 14.3 Å². The van der Waals surface area contributed by atoms with E-state index < -0.39 is 12.2 Å². The van der Waals surface area contributed by atoms with E-state index in [1.54, 1.807) is 12.2 Å². The third-order valence-corrected chi connectivity index (χ3v) is 4.94. The Morgan fingerprint density at radius 1 is 1.31 bits per heavy atom. The Labute approximate surface area is 157 Å². The number of ketones is 1. The van der Waals surface area contributed by atoms with E-state index in [9.17, 15) is 19.8 Å². The number of methoxy groups -OCH3 is 1. The van der Waals surface area contributed by atoms with Crippen molar-refractivity contribution in [2.45, 2.75) is 76.9 Å². The van der Waals surface area contributed by atoms with Crippen LogP contribution >= 0.6 is 0 Å². The number of rotatable bonds is 12. The van der Waals surface area contributed by atoms with Gasteiger partial charge >= 0.3 is 5.97 Å². The zero-order chi connectivity index (χ0) is 19.4. The van der Waals surface area contributed by atoms with Crippen LogP contribution in [0, 0.1) is 11.8 Å². The lowest BCUT2D eigenvalue weighted by molar-refractivity contribution is -0.140. The maximum Gasteiger partial charge on any atom is 0.305 e. The second-order valence-corrected chi connectivity index (χ2v) is 7.05. The summed E-state index contributed by atoms with van der Waals surface area (Å²) in [6.45, 7) is 2.12. The number of carbonyl (C=O) groups excluding carboxylic acids is 2. The van der Waals surface area contributed by atoms with Gasteiger partial charge in [0, 0.05) is 24.7 Å². The van der Waals surface area contributed by atoms with Crippen LogP contribution in [0.2, 0.25) is 0 Å². The van der Waals surface area contributed by atoms with Crippen LogP contribution in [0.1, 0.15) is 64.7 Å². The summed E-state index contributed by atoms with van der Waals surface area (Å²) in [5.41, 5.74) is 0. The molecule has 5 heteroatoms. The molecule has 5 nitrogen and oxygen atoms in total. The third-order valence-electron chi connectivity index (χ3n) is 4.94. The monoisotopic (exact) mass is 365 g/mol.